The Balaban J connectivity index is 1.37. The van der Waals surface area contributed by atoms with E-state index >= 15 is 0 Å². The first-order chi connectivity index (χ1) is 15.1. The summed E-state index contributed by atoms with van der Waals surface area (Å²) in [5, 5.41) is 8.29. The van der Waals surface area contributed by atoms with Crippen molar-refractivity contribution in [3.63, 3.8) is 0 Å². The third-order valence-corrected chi connectivity index (χ3v) is 5.27. The van der Waals surface area contributed by atoms with Crippen molar-refractivity contribution >= 4 is 11.8 Å². The standard InChI is InChI=1S/C23H29N3O4S/c1-26(2)13-4-14-28-20-7-5-18(6-8-20)23-25-24-22(30-23)17-31-16-15-29-21-11-9-19(27-3)10-12-21/h5-12H,4,13-17H2,1-3H3. The number of hydrogen-bond donors (Lipinski definition) is 0. The first kappa shape index (κ1) is 23.0. The summed E-state index contributed by atoms with van der Waals surface area (Å²) in [5.74, 6) is 5.07. The van der Waals surface area contributed by atoms with Crippen LogP contribution in [0.15, 0.2) is 52.9 Å². The van der Waals surface area contributed by atoms with E-state index < -0.39 is 0 Å². The van der Waals surface area contributed by atoms with Gasteiger partial charge in [0.2, 0.25) is 11.8 Å². The van der Waals surface area contributed by atoms with Gasteiger partial charge >= 0.3 is 0 Å². The molecule has 0 saturated carbocycles. The second-order valence-electron chi connectivity index (χ2n) is 7.11. The van der Waals surface area contributed by atoms with Gasteiger partial charge in [0.25, 0.3) is 0 Å². The fraction of sp³-hybridized carbons (Fsp3) is 0.391. The SMILES string of the molecule is COc1ccc(OCCSCc2nnc(-c3ccc(OCCCN(C)C)cc3)o2)cc1. The lowest BCUT2D eigenvalue weighted by Crippen LogP contribution is -2.15. The summed E-state index contributed by atoms with van der Waals surface area (Å²) in [5.41, 5.74) is 0.882. The molecule has 0 saturated heterocycles. The van der Waals surface area contributed by atoms with Gasteiger partial charge in [0.1, 0.15) is 17.2 Å². The second kappa shape index (κ2) is 12.2. The molecule has 0 aliphatic rings. The largest absolute Gasteiger partial charge is 0.497 e. The zero-order chi connectivity index (χ0) is 21.9. The van der Waals surface area contributed by atoms with Crippen LogP contribution in [0.4, 0.5) is 0 Å². The van der Waals surface area contributed by atoms with Crippen LogP contribution in [0.25, 0.3) is 11.5 Å². The minimum Gasteiger partial charge on any atom is -0.497 e. The predicted octanol–water partition coefficient (Wildman–Crippen LogP) is 4.39. The lowest BCUT2D eigenvalue weighted by atomic mass is 10.2. The zero-order valence-electron chi connectivity index (χ0n) is 18.2. The van der Waals surface area contributed by atoms with Gasteiger partial charge in [-0.2, -0.15) is 0 Å². The highest BCUT2D eigenvalue weighted by Gasteiger charge is 2.09. The van der Waals surface area contributed by atoms with Gasteiger partial charge in [-0.25, -0.2) is 0 Å². The Morgan fingerprint density at radius 2 is 1.52 bits per heavy atom. The number of nitrogens with zero attached hydrogens (tertiary/aromatic N) is 3. The molecule has 0 radical (unpaired) electrons. The molecule has 0 spiro atoms. The van der Waals surface area contributed by atoms with Crippen molar-refractivity contribution in [1.29, 1.82) is 0 Å². The molecule has 0 N–H and O–H groups in total. The smallest absolute Gasteiger partial charge is 0.247 e. The van der Waals surface area contributed by atoms with Crippen molar-refractivity contribution in [2.24, 2.45) is 0 Å². The van der Waals surface area contributed by atoms with Gasteiger partial charge in [-0.15, -0.1) is 22.0 Å². The molecule has 0 fully saturated rings. The molecule has 3 aromatic rings. The fourth-order valence-corrected chi connectivity index (χ4v) is 3.38. The Kier molecular flexibility index (Phi) is 9.05. The Morgan fingerprint density at radius 3 is 2.19 bits per heavy atom. The van der Waals surface area contributed by atoms with Crippen LogP contribution in [-0.4, -0.2) is 61.8 Å². The summed E-state index contributed by atoms with van der Waals surface area (Å²) in [4.78, 5) is 2.14. The number of aromatic nitrogens is 2. The van der Waals surface area contributed by atoms with E-state index in [-0.39, 0.29) is 0 Å². The van der Waals surface area contributed by atoms with Crippen molar-refractivity contribution in [1.82, 2.24) is 15.1 Å². The summed E-state index contributed by atoms with van der Waals surface area (Å²) < 4.78 is 22.4. The monoisotopic (exact) mass is 443 g/mol. The Labute approximate surface area is 187 Å². The third kappa shape index (κ3) is 7.80. The highest BCUT2D eigenvalue weighted by Crippen LogP contribution is 2.23. The number of thioether (sulfide) groups is 1. The average Bonchev–Trinajstić information content (AvgIpc) is 3.26. The molecule has 0 bridgehead atoms. The molecule has 166 valence electrons. The highest BCUT2D eigenvalue weighted by atomic mass is 32.2. The molecule has 0 aliphatic carbocycles. The molecular weight excluding hydrogens is 414 g/mol. The summed E-state index contributed by atoms with van der Waals surface area (Å²) in [7, 11) is 5.76. The molecule has 3 rings (SSSR count). The molecule has 0 atom stereocenters. The van der Waals surface area contributed by atoms with Crippen molar-refractivity contribution in [3.05, 3.63) is 54.4 Å². The van der Waals surface area contributed by atoms with Crippen LogP contribution in [0, 0.1) is 0 Å². The second-order valence-corrected chi connectivity index (χ2v) is 8.21. The van der Waals surface area contributed by atoms with Crippen LogP contribution in [0.5, 0.6) is 17.2 Å². The molecule has 0 amide bonds. The first-order valence-corrected chi connectivity index (χ1v) is 11.3. The number of benzene rings is 2. The number of rotatable bonds is 13. The Bertz CT molecular complexity index is 898. The average molecular weight is 444 g/mol. The quantitative estimate of drug-likeness (QED) is 0.360. The van der Waals surface area contributed by atoms with Crippen LogP contribution in [0.1, 0.15) is 12.3 Å². The lowest BCUT2D eigenvalue weighted by molar-refractivity contribution is 0.281. The van der Waals surface area contributed by atoms with Gasteiger partial charge < -0.3 is 23.5 Å². The van der Waals surface area contributed by atoms with Crippen molar-refractivity contribution in [2.75, 3.05) is 46.7 Å². The van der Waals surface area contributed by atoms with E-state index in [1.807, 2.05) is 48.5 Å². The van der Waals surface area contributed by atoms with E-state index in [1.165, 1.54) is 0 Å². The minimum atomic E-state index is 0.518. The molecule has 0 unspecified atom stereocenters. The number of hydrogen-bond acceptors (Lipinski definition) is 8. The normalized spacial score (nSPS) is 11.0. The summed E-state index contributed by atoms with van der Waals surface area (Å²) >= 11 is 1.69. The maximum Gasteiger partial charge on any atom is 0.247 e. The molecule has 1 heterocycles. The molecular formula is C23H29N3O4S. The van der Waals surface area contributed by atoms with E-state index in [2.05, 4.69) is 29.2 Å². The van der Waals surface area contributed by atoms with Gasteiger partial charge in [-0.05, 0) is 69.0 Å². The number of methoxy groups -OCH3 is 1. The maximum absolute atomic E-state index is 5.78. The lowest BCUT2D eigenvalue weighted by Gasteiger charge is -2.10. The third-order valence-electron chi connectivity index (χ3n) is 4.37. The zero-order valence-corrected chi connectivity index (χ0v) is 19.1. The van der Waals surface area contributed by atoms with Crippen LogP contribution >= 0.6 is 11.8 Å². The summed E-state index contributed by atoms with van der Waals surface area (Å²) in [6.45, 7) is 2.31. The molecule has 7 nitrogen and oxygen atoms in total. The summed E-state index contributed by atoms with van der Waals surface area (Å²) in [6, 6.07) is 15.3. The molecule has 1 aromatic heterocycles. The predicted molar refractivity (Wildman–Crippen MR) is 123 cm³/mol. The fourth-order valence-electron chi connectivity index (χ4n) is 2.74. The van der Waals surface area contributed by atoms with Gasteiger partial charge in [-0.3, -0.25) is 0 Å². The van der Waals surface area contributed by atoms with E-state index in [4.69, 9.17) is 18.6 Å². The Morgan fingerprint density at radius 1 is 0.871 bits per heavy atom. The first-order valence-electron chi connectivity index (χ1n) is 10.2. The van der Waals surface area contributed by atoms with E-state index in [1.54, 1.807) is 18.9 Å². The van der Waals surface area contributed by atoms with Gasteiger partial charge in [0.15, 0.2) is 0 Å². The molecule has 2 aromatic carbocycles. The van der Waals surface area contributed by atoms with Gasteiger partial charge in [0, 0.05) is 17.9 Å². The van der Waals surface area contributed by atoms with Gasteiger partial charge in [-0.1, -0.05) is 0 Å². The molecule has 31 heavy (non-hydrogen) atoms. The molecule has 8 heteroatoms. The highest BCUT2D eigenvalue weighted by molar-refractivity contribution is 7.98. The van der Waals surface area contributed by atoms with Crippen molar-refractivity contribution < 1.29 is 18.6 Å². The topological polar surface area (TPSA) is 69.8 Å². The minimum absolute atomic E-state index is 0.518. The van der Waals surface area contributed by atoms with Crippen LogP contribution in [0.2, 0.25) is 0 Å². The Hall–Kier alpha value is -2.71. The van der Waals surface area contributed by atoms with E-state index in [0.717, 1.165) is 41.5 Å². The van der Waals surface area contributed by atoms with E-state index in [0.29, 0.717) is 30.7 Å². The maximum atomic E-state index is 5.78. The van der Waals surface area contributed by atoms with Gasteiger partial charge in [0.05, 0.1) is 26.1 Å². The summed E-state index contributed by atoms with van der Waals surface area (Å²) in [6.07, 6.45) is 0.991. The molecule has 0 aliphatic heterocycles. The van der Waals surface area contributed by atoms with Crippen molar-refractivity contribution in [2.45, 2.75) is 12.2 Å². The van der Waals surface area contributed by atoms with Crippen LogP contribution in [0.3, 0.4) is 0 Å². The van der Waals surface area contributed by atoms with Crippen LogP contribution in [-0.2, 0) is 5.75 Å². The number of ether oxygens (including phenoxy) is 3. The van der Waals surface area contributed by atoms with Crippen LogP contribution < -0.4 is 14.2 Å². The van der Waals surface area contributed by atoms with Crippen molar-refractivity contribution in [3.8, 4) is 28.7 Å². The van der Waals surface area contributed by atoms with E-state index in [9.17, 15) is 0 Å².